The fraction of sp³-hybridized carbons (Fsp3) is 0.292. The van der Waals surface area contributed by atoms with Gasteiger partial charge in [0, 0.05) is 43.9 Å². The highest BCUT2D eigenvalue weighted by molar-refractivity contribution is 7.12. The lowest BCUT2D eigenvalue weighted by Gasteiger charge is -2.34. The number of hydrogen-bond acceptors (Lipinski definition) is 4. The summed E-state index contributed by atoms with van der Waals surface area (Å²) >= 11 is 1.46. The molecule has 4 rings (SSSR count). The van der Waals surface area contributed by atoms with E-state index in [1.807, 2.05) is 59.7 Å². The van der Waals surface area contributed by atoms with E-state index in [9.17, 15) is 9.18 Å². The second-order valence-corrected chi connectivity index (χ2v) is 8.49. The van der Waals surface area contributed by atoms with Crippen LogP contribution in [-0.4, -0.2) is 41.9 Å². The van der Waals surface area contributed by atoms with E-state index in [0.717, 1.165) is 29.3 Å². The number of nitrogens with zero attached hydrogens (tertiary/aromatic N) is 2. The topological polar surface area (TPSA) is 32.8 Å². The van der Waals surface area contributed by atoms with E-state index < -0.39 is 0 Å². The molecule has 0 bridgehead atoms. The monoisotopic (exact) mass is 424 g/mol. The zero-order valence-electron chi connectivity index (χ0n) is 17.0. The molecule has 1 amide bonds. The Labute approximate surface area is 180 Å². The summed E-state index contributed by atoms with van der Waals surface area (Å²) in [6.45, 7) is 5.86. The minimum atomic E-state index is -0.171. The van der Waals surface area contributed by atoms with Gasteiger partial charge in [0.15, 0.2) is 0 Å². The number of carbonyl (C=O) groups is 1. The Morgan fingerprint density at radius 3 is 2.53 bits per heavy atom. The molecule has 0 spiro atoms. The first-order chi connectivity index (χ1) is 14.6. The molecule has 3 aromatic rings. The molecule has 2 aromatic carbocycles. The number of rotatable bonds is 6. The molecule has 156 valence electrons. The minimum Gasteiger partial charge on any atom is -0.489 e. The predicted octanol–water partition coefficient (Wildman–Crippen LogP) is 4.73. The Kier molecular flexibility index (Phi) is 6.45. The number of ether oxygens (including phenoxy) is 1. The Bertz CT molecular complexity index is 994. The number of hydrogen-bond donors (Lipinski definition) is 0. The van der Waals surface area contributed by atoms with E-state index >= 15 is 0 Å². The highest BCUT2D eigenvalue weighted by Gasteiger charge is 2.23. The molecule has 2 heterocycles. The zero-order valence-corrected chi connectivity index (χ0v) is 17.8. The van der Waals surface area contributed by atoms with Crippen LogP contribution in [0.3, 0.4) is 0 Å². The van der Waals surface area contributed by atoms with Gasteiger partial charge in [-0.15, -0.1) is 11.3 Å². The second-order valence-electron chi connectivity index (χ2n) is 7.58. The molecule has 1 aromatic heterocycles. The Morgan fingerprint density at radius 2 is 1.80 bits per heavy atom. The molecular weight excluding hydrogens is 399 g/mol. The quantitative estimate of drug-likeness (QED) is 0.573. The first-order valence-corrected chi connectivity index (χ1v) is 11.0. The Balaban J connectivity index is 1.28. The van der Waals surface area contributed by atoms with Gasteiger partial charge in [-0.05, 0) is 36.6 Å². The van der Waals surface area contributed by atoms with Crippen LogP contribution in [0.2, 0.25) is 0 Å². The van der Waals surface area contributed by atoms with Crippen molar-refractivity contribution in [2.45, 2.75) is 20.1 Å². The lowest BCUT2D eigenvalue weighted by Crippen LogP contribution is -2.48. The van der Waals surface area contributed by atoms with Crippen molar-refractivity contribution in [3.63, 3.8) is 0 Å². The first-order valence-electron chi connectivity index (χ1n) is 10.1. The standard InChI is InChI=1S/C24H25FN2O2S/c1-18-6-8-21(9-7-18)29-16-19-14-23(30-17-19)24(28)27-12-10-26(11-13-27)15-20-4-2-3-5-22(20)25/h2-9,14,17H,10-13,15-16H2,1H3. The lowest BCUT2D eigenvalue weighted by molar-refractivity contribution is 0.0631. The van der Waals surface area contributed by atoms with Gasteiger partial charge >= 0.3 is 0 Å². The Hall–Kier alpha value is -2.70. The largest absolute Gasteiger partial charge is 0.489 e. The van der Waals surface area contributed by atoms with E-state index in [-0.39, 0.29) is 11.7 Å². The van der Waals surface area contributed by atoms with Crippen molar-refractivity contribution in [3.8, 4) is 5.75 Å². The molecule has 1 saturated heterocycles. The fourth-order valence-corrected chi connectivity index (χ4v) is 4.36. The molecule has 0 atom stereocenters. The van der Waals surface area contributed by atoms with Crippen LogP contribution in [0.5, 0.6) is 5.75 Å². The van der Waals surface area contributed by atoms with Crippen molar-refractivity contribution < 1.29 is 13.9 Å². The molecule has 30 heavy (non-hydrogen) atoms. The predicted molar refractivity (Wildman–Crippen MR) is 117 cm³/mol. The van der Waals surface area contributed by atoms with Crippen LogP contribution >= 0.6 is 11.3 Å². The minimum absolute atomic E-state index is 0.0622. The van der Waals surface area contributed by atoms with Gasteiger partial charge in [0.2, 0.25) is 0 Å². The maximum atomic E-state index is 13.9. The third-order valence-electron chi connectivity index (χ3n) is 5.30. The molecule has 1 fully saturated rings. The molecule has 0 N–H and O–H groups in total. The van der Waals surface area contributed by atoms with Gasteiger partial charge in [0.25, 0.3) is 5.91 Å². The van der Waals surface area contributed by atoms with Gasteiger partial charge in [0.1, 0.15) is 18.2 Å². The van der Waals surface area contributed by atoms with Crippen molar-refractivity contribution >= 4 is 17.2 Å². The molecule has 0 aliphatic carbocycles. The van der Waals surface area contributed by atoms with Gasteiger partial charge in [-0.1, -0.05) is 35.9 Å². The van der Waals surface area contributed by atoms with Gasteiger partial charge in [-0.3, -0.25) is 9.69 Å². The number of piperazine rings is 1. The summed E-state index contributed by atoms with van der Waals surface area (Å²) in [7, 11) is 0. The van der Waals surface area contributed by atoms with Gasteiger partial charge in [-0.2, -0.15) is 0 Å². The van der Waals surface area contributed by atoms with Crippen molar-refractivity contribution in [3.05, 3.63) is 87.4 Å². The first kappa shape index (κ1) is 20.6. The summed E-state index contributed by atoms with van der Waals surface area (Å²) in [4.78, 5) is 17.7. The van der Waals surface area contributed by atoms with Gasteiger partial charge in [0.05, 0.1) is 4.88 Å². The van der Waals surface area contributed by atoms with E-state index in [1.54, 1.807) is 6.07 Å². The number of carbonyl (C=O) groups excluding carboxylic acids is 1. The summed E-state index contributed by atoms with van der Waals surface area (Å²) in [5, 5.41) is 1.98. The maximum absolute atomic E-state index is 13.9. The van der Waals surface area contributed by atoms with E-state index in [2.05, 4.69) is 4.90 Å². The third kappa shape index (κ3) is 5.07. The highest BCUT2D eigenvalue weighted by atomic mass is 32.1. The number of thiophene rings is 1. The normalized spacial score (nSPS) is 14.7. The molecule has 0 unspecified atom stereocenters. The number of halogens is 1. The number of amides is 1. The zero-order chi connectivity index (χ0) is 20.9. The summed E-state index contributed by atoms with van der Waals surface area (Å²) in [5.74, 6) is 0.716. The fourth-order valence-electron chi connectivity index (χ4n) is 3.50. The molecule has 0 saturated carbocycles. The summed E-state index contributed by atoms with van der Waals surface area (Å²) < 4.78 is 19.7. The van der Waals surface area contributed by atoms with Crippen LogP contribution in [-0.2, 0) is 13.2 Å². The molecule has 1 aliphatic heterocycles. The SMILES string of the molecule is Cc1ccc(OCc2csc(C(=O)N3CCN(Cc4ccccc4F)CC3)c2)cc1. The van der Waals surface area contributed by atoms with Gasteiger partial charge < -0.3 is 9.64 Å². The molecule has 1 aliphatic rings. The average Bonchev–Trinajstić information content (AvgIpc) is 3.24. The summed E-state index contributed by atoms with van der Waals surface area (Å²) in [5.41, 5.74) is 2.90. The van der Waals surface area contributed by atoms with Crippen LogP contribution in [0, 0.1) is 12.7 Å². The maximum Gasteiger partial charge on any atom is 0.264 e. The number of benzene rings is 2. The van der Waals surface area contributed by atoms with Crippen LogP contribution in [0.1, 0.15) is 26.4 Å². The summed E-state index contributed by atoms with van der Waals surface area (Å²) in [6, 6.07) is 16.7. The van der Waals surface area contributed by atoms with Crippen LogP contribution in [0.25, 0.3) is 0 Å². The van der Waals surface area contributed by atoms with Crippen LogP contribution in [0.4, 0.5) is 4.39 Å². The van der Waals surface area contributed by atoms with E-state index in [1.165, 1.54) is 23.0 Å². The molecular formula is C24H25FN2O2S. The molecule has 0 radical (unpaired) electrons. The van der Waals surface area contributed by atoms with Gasteiger partial charge in [-0.25, -0.2) is 4.39 Å². The third-order valence-corrected chi connectivity index (χ3v) is 6.27. The van der Waals surface area contributed by atoms with Crippen molar-refractivity contribution in [2.75, 3.05) is 26.2 Å². The van der Waals surface area contributed by atoms with E-state index in [0.29, 0.717) is 31.8 Å². The molecule has 4 nitrogen and oxygen atoms in total. The van der Waals surface area contributed by atoms with Crippen LogP contribution in [0.15, 0.2) is 60.0 Å². The van der Waals surface area contributed by atoms with E-state index in [4.69, 9.17) is 4.74 Å². The summed E-state index contributed by atoms with van der Waals surface area (Å²) in [6.07, 6.45) is 0. The Morgan fingerprint density at radius 1 is 1.07 bits per heavy atom. The molecule has 6 heteroatoms. The van der Waals surface area contributed by atoms with Crippen LogP contribution < -0.4 is 4.74 Å². The van der Waals surface area contributed by atoms with Crippen molar-refractivity contribution in [1.29, 1.82) is 0 Å². The van der Waals surface area contributed by atoms with Crippen molar-refractivity contribution in [2.24, 2.45) is 0 Å². The van der Waals surface area contributed by atoms with Crippen molar-refractivity contribution in [1.82, 2.24) is 9.80 Å². The smallest absolute Gasteiger partial charge is 0.264 e. The lowest BCUT2D eigenvalue weighted by atomic mass is 10.2. The average molecular weight is 425 g/mol. The highest BCUT2D eigenvalue weighted by Crippen LogP contribution is 2.21. The second kappa shape index (κ2) is 9.41. The number of aryl methyl sites for hydroxylation is 1.